The highest BCUT2D eigenvalue weighted by Gasteiger charge is 2.12. The zero-order valence-electron chi connectivity index (χ0n) is 10.2. The van der Waals surface area contributed by atoms with Gasteiger partial charge in [0, 0.05) is 23.4 Å². The predicted octanol–water partition coefficient (Wildman–Crippen LogP) is 4.04. The molecule has 0 amide bonds. The number of nitrogens with zero attached hydrogens (tertiary/aromatic N) is 2. The predicted molar refractivity (Wildman–Crippen MR) is 78.7 cm³/mol. The molecule has 0 fully saturated rings. The number of nitrogens with one attached hydrogen (secondary N) is 1. The number of benzene rings is 2. The van der Waals surface area contributed by atoms with Gasteiger partial charge in [-0.2, -0.15) is 0 Å². The monoisotopic (exact) mass is 245 g/mol. The number of aromatic nitrogens is 1. The van der Waals surface area contributed by atoms with Crippen molar-refractivity contribution in [2.24, 2.45) is 4.99 Å². The third-order valence-corrected chi connectivity index (χ3v) is 3.31. The van der Waals surface area contributed by atoms with Gasteiger partial charge in [0.1, 0.15) is 0 Å². The number of fused-ring (bicyclic) bond motifs is 4. The van der Waals surface area contributed by atoms with E-state index in [1.807, 2.05) is 54.9 Å². The summed E-state index contributed by atoms with van der Waals surface area (Å²) in [7, 11) is 0. The van der Waals surface area contributed by atoms with Crippen LogP contribution in [0.15, 0.2) is 59.7 Å². The summed E-state index contributed by atoms with van der Waals surface area (Å²) >= 11 is 0. The first-order chi connectivity index (χ1) is 9.42. The van der Waals surface area contributed by atoms with Crippen molar-refractivity contribution in [3.63, 3.8) is 0 Å². The molecule has 2 heterocycles. The van der Waals surface area contributed by atoms with E-state index in [1.54, 1.807) is 0 Å². The maximum atomic E-state index is 4.51. The highest BCUT2D eigenvalue weighted by Crippen LogP contribution is 2.35. The summed E-state index contributed by atoms with van der Waals surface area (Å²) in [4.78, 5) is 8.98. The van der Waals surface area contributed by atoms with Crippen molar-refractivity contribution in [3.05, 3.63) is 60.3 Å². The smallest absolute Gasteiger partial charge is 0.0864 e. The molecule has 0 bridgehead atoms. The molecular formula is C16H11N3. The third kappa shape index (κ3) is 1.59. The average molecular weight is 245 g/mol. The van der Waals surface area contributed by atoms with Gasteiger partial charge in [-0.25, -0.2) is 0 Å². The number of pyridine rings is 1. The first kappa shape index (κ1) is 10.3. The fraction of sp³-hybridized carbons (Fsp3) is 0. The summed E-state index contributed by atoms with van der Waals surface area (Å²) in [5, 5.41) is 4.60. The second-order valence-electron chi connectivity index (χ2n) is 4.51. The molecule has 90 valence electrons. The number of aliphatic imine (C=N–C) groups is 1. The van der Waals surface area contributed by atoms with Gasteiger partial charge in [-0.15, -0.1) is 0 Å². The van der Waals surface area contributed by atoms with Crippen molar-refractivity contribution in [3.8, 4) is 0 Å². The minimum atomic E-state index is 0.947. The topological polar surface area (TPSA) is 37.3 Å². The van der Waals surface area contributed by atoms with Crippen molar-refractivity contribution in [2.75, 3.05) is 5.32 Å². The molecule has 0 saturated heterocycles. The Bertz CT molecular complexity index is 806. The van der Waals surface area contributed by atoms with Crippen LogP contribution in [0.4, 0.5) is 17.1 Å². The lowest BCUT2D eigenvalue weighted by atomic mass is 10.1. The summed E-state index contributed by atoms with van der Waals surface area (Å²) in [6.45, 7) is 0. The zero-order chi connectivity index (χ0) is 12.7. The Morgan fingerprint density at radius 3 is 2.74 bits per heavy atom. The van der Waals surface area contributed by atoms with Gasteiger partial charge in [0.05, 0.1) is 22.6 Å². The van der Waals surface area contributed by atoms with E-state index in [0.29, 0.717) is 0 Å². The molecule has 4 rings (SSSR count). The normalized spacial score (nSPS) is 12.4. The highest BCUT2D eigenvalue weighted by molar-refractivity contribution is 6.05. The summed E-state index contributed by atoms with van der Waals surface area (Å²) in [5.41, 5.74) is 5.03. The minimum absolute atomic E-state index is 0.947. The Balaban J connectivity index is 2.03. The number of hydrogen-bond acceptors (Lipinski definition) is 3. The van der Waals surface area contributed by atoms with Crippen molar-refractivity contribution in [1.29, 1.82) is 0 Å². The molecule has 2 aromatic carbocycles. The number of rotatable bonds is 0. The number of hydrogen-bond donors (Lipinski definition) is 1. The molecule has 1 aliphatic rings. The van der Waals surface area contributed by atoms with Gasteiger partial charge < -0.3 is 5.32 Å². The van der Waals surface area contributed by atoms with E-state index < -0.39 is 0 Å². The van der Waals surface area contributed by atoms with Gasteiger partial charge in [-0.3, -0.25) is 9.98 Å². The zero-order valence-corrected chi connectivity index (χ0v) is 10.2. The Kier molecular flexibility index (Phi) is 2.12. The molecule has 0 atom stereocenters. The quantitative estimate of drug-likeness (QED) is 0.507. The SMILES string of the molecule is C1=Nc2ccccc2Nc2c1cnc1ccccc21. The maximum absolute atomic E-state index is 4.51. The first-order valence-electron chi connectivity index (χ1n) is 6.20. The summed E-state index contributed by atoms with van der Waals surface area (Å²) in [6, 6.07) is 16.2. The Hall–Kier alpha value is -2.68. The van der Waals surface area contributed by atoms with E-state index in [0.717, 1.165) is 33.5 Å². The highest BCUT2D eigenvalue weighted by atomic mass is 14.9. The molecule has 19 heavy (non-hydrogen) atoms. The second kappa shape index (κ2) is 3.92. The van der Waals surface area contributed by atoms with Gasteiger partial charge in [-0.1, -0.05) is 30.3 Å². The maximum Gasteiger partial charge on any atom is 0.0864 e. The summed E-state index contributed by atoms with van der Waals surface area (Å²) < 4.78 is 0. The van der Waals surface area contributed by atoms with E-state index in [9.17, 15) is 0 Å². The fourth-order valence-corrected chi connectivity index (χ4v) is 2.36. The van der Waals surface area contributed by atoms with Crippen LogP contribution in [0.1, 0.15) is 5.56 Å². The van der Waals surface area contributed by atoms with Crippen LogP contribution in [-0.4, -0.2) is 11.2 Å². The van der Waals surface area contributed by atoms with Gasteiger partial charge in [0.2, 0.25) is 0 Å². The Labute approximate surface area is 110 Å². The molecule has 3 heteroatoms. The van der Waals surface area contributed by atoms with Crippen molar-refractivity contribution < 1.29 is 0 Å². The standard InChI is InChI=1S/C16H11N3/c1-2-6-13-12(5-1)16-11(9-17-13)10-18-14-7-3-4-8-15(14)19-16/h1-10,19H. The van der Waals surface area contributed by atoms with Gasteiger partial charge in [0.15, 0.2) is 0 Å². The lowest BCUT2D eigenvalue weighted by Crippen LogP contribution is -1.96. The van der Waals surface area contributed by atoms with Crippen molar-refractivity contribution in [1.82, 2.24) is 4.98 Å². The van der Waals surface area contributed by atoms with Crippen molar-refractivity contribution >= 4 is 34.2 Å². The molecule has 1 N–H and O–H groups in total. The van der Waals surface area contributed by atoms with Crippen molar-refractivity contribution in [2.45, 2.75) is 0 Å². The third-order valence-electron chi connectivity index (χ3n) is 3.31. The average Bonchev–Trinajstić information content (AvgIpc) is 2.66. The van der Waals surface area contributed by atoms with Gasteiger partial charge in [0.25, 0.3) is 0 Å². The molecule has 0 spiro atoms. The summed E-state index contributed by atoms with van der Waals surface area (Å²) in [6.07, 6.45) is 3.73. The summed E-state index contributed by atoms with van der Waals surface area (Å²) in [5.74, 6) is 0. The Morgan fingerprint density at radius 2 is 1.74 bits per heavy atom. The second-order valence-corrected chi connectivity index (χ2v) is 4.51. The molecule has 0 aliphatic carbocycles. The van der Waals surface area contributed by atoms with E-state index in [4.69, 9.17) is 0 Å². The molecule has 3 aromatic rings. The Morgan fingerprint density at radius 1 is 0.895 bits per heavy atom. The molecule has 0 unspecified atom stereocenters. The molecule has 0 radical (unpaired) electrons. The van der Waals surface area contributed by atoms with Crippen LogP contribution in [0.2, 0.25) is 0 Å². The molecule has 1 aromatic heterocycles. The number of anilines is 2. The van der Waals surface area contributed by atoms with Crippen LogP contribution in [0.3, 0.4) is 0 Å². The van der Waals surface area contributed by atoms with Crippen LogP contribution in [0, 0.1) is 0 Å². The van der Waals surface area contributed by atoms with E-state index in [2.05, 4.69) is 21.4 Å². The number of para-hydroxylation sites is 3. The largest absolute Gasteiger partial charge is 0.353 e. The lowest BCUT2D eigenvalue weighted by molar-refractivity contribution is 1.40. The molecule has 0 saturated carbocycles. The van der Waals surface area contributed by atoms with Crippen LogP contribution < -0.4 is 5.32 Å². The van der Waals surface area contributed by atoms with E-state index in [-0.39, 0.29) is 0 Å². The van der Waals surface area contributed by atoms with Crippen LogP contribution in [0.25, 0.3) is 10.9 Å². The van der Waals surface area contributed by atoms with E-state index >= 15 is 0 Å². The lowest BCUT2D eigenvalue weighted by Gasteiger charge is -2.11. The van der Waals surface area contributed by atoms with Crippen LogP contribution >= 0.6 is 0 Å². The first-order valence-corrected chi connectivity index (χ1v) is 6.20. The minimum Gasteiger partial charge on any atom is -0.353 e. The van der Waals surface area contributed by atoms with Crippen LogP contribution in [-0.2, 0) is 0 Å². The fourth-order valence-electron chi connectivity index (χ4n) is 2.36. The van der Waals surface area contributed by atoms with Gasteiger partial charge in [-0.05, 0) is 18.2 Å². The molecular weight excluding hydrogens is 234 g/mol. The molecule has 3 nitrogen and oxygen atoms in total. The van der Waals surface area contributed by atoms with E-state index in [1.165, 1.54) is 0 Å². The van der Waals surface area contributed by atoms with Gasteiger partial charge >= 0.3 is 0 Å². The molecule has 1 aliphatic heterocycles. The van der Waals surface area contributed by atoms with Crippen LogP contribution in [0.5, 0.6) is 0 Å².